The Morgan fingerprint density at radius 3 is 2.52 bits per heavy atom. The van der Waals surface area contributed by atoms with Gasteiger partial charge >= 0.3 is 0 Å². The molecule has 0 aliphatic carbocycles. The molecule has 5 nitrogen and oxygen atoms in total. The summed E-state index contributed by atoms with van der Waals surface area (Å²) in [7, 11) is -3.32. The SMILES string of the molecule is O=C(c1cccc2ccccc12)N1CCN[C@@H](CCS(=O)(=O)c2ccccc2)C1. The number of fused-ring (bicyclic) bond motifs is 1. The van der Waals surface area contributed by atoms with E-state index in [0.717, 1.165) is 10.8 Å². The van der Waals surface area contributed by atoms with Gasteiger partial charge in [-0.2, -0.15) is 0 Å². The van der Waals surface area contributed by atoms with Crippen LogP contribution >= 0.6 is 0 Å². The summed E-state index contributed by atoms with van der Waals surface area (Å²) in [5.41, 5.74) is 0.695. The van der Waals surface area contributed by atoms with Gasteiger partial charge in [-0.05, 0) is 35.4 Å². The number of carbonyl (C=O) groups is 1. The number of sulfone groups is 1. The van der Waals surface area contributed by atoms with E-state index in [1.54, 1.807) is 30.3 Å². The quantitative estimate of drug-likeness (QED) is 0.704. The van der Waals surface area contributed by atoms with Crippen molar-refractivity contribution in [3.63, 3.8) is 0 Å². The lowest BCUT2D eigenvalue weighted by molar-refractivity contribution is 0.0704. The summed E-state index contributed by atoms with van der Waals surface area (Å²) in [5, 5.41) is 5.35. The summed E-state index contributed by atoms with van der Waals surface area (Å²) in [4.78, 5) is 15.3. The molecule has 6 heteroatoms. The minimum Gasteiger partial charge on any atom is -0.336 e. The van der Waals surface area contributed by atoms with Gasteiger partial charge in [0.15, 0.2) is 9.84 Å². The Hall–Kier alpha value is -2.70. The number of amides is 1. The molecule has 1 aliphatic rings. The Labute approximate surface area is 171 Å². The lowest BCUT2D eigenvalue weighted by Gasteiger charge is -2.34. The fraction of sp³-hybridized carbons (Fsp3) is 0.261. The first-order chi connectivity index (χ1) is 14.0. The van der Waals surface area contributed by atoms with Crippen molar-refractivity contribution in [1.82, 2.24) is 10.2 Å². The van der Waals surface area contributed by atoms with Gasteiger partial charge in [-0.3, -0.25) is 4.79 Å². The van der Waals surface area contributed by atoms with Crippen LogP contribution in [0.25, 0.3) is 10.8 Å². The normalized spacial score (nSPS) is 17.4. The number of piperazine rings is 1. The molecule has 1 saturated heterocycles. The Bertz CT molecular complexity index is 1110. The molecule has 0 spiro atoms. The van der Waals surface area contributed by atoms with Crippen LogP contribution < -0.4 is 5.32 Å². The van der Waals surface area contributed by atoms with Crippen LogP contribution in [0.5, 0.6) is 0 Å². The molecule has 1 N–H and O–H groups in total. The fourth-order valence-corrected chi connectivity index (χ4v) is 5.23. The van der Waals surface area contributed by atoms with Gasteiger partial charge in [0.1, 0.15) is 0 Å². The third-order valence-corrected chi connectivity index (χ3v) is 7.16. The number of nitrogens with one attached hydrogen (secondary N) is 1. The largest absolute Gasteiger partial charge is 0.336 e. The Kier molecular flexibility index (Phi) is 5.65. The lowest BCUT2D eigenvalue weighted by Crippen LogP contribution is -2.53. The predicted molar refractivity (Wildman–Crippen MR) is 115 cm³/mol. The van der Waals surface area contributed by atoms with E-state index >= 15 is 0 Å². The summed E-state index contributed by atoms with van der Waals surface area (Å²) in [5.74, 6) is 0.0598. The van der Waals surface area contributed by atoms with Crippen molar-refractivity contribution >= 4 is 26.5 Å². The van der Waals surface area contributed by atoms with Gasteiger partial charge in [-0.1, -0.05) is 54.6 Å². The zero-order chi connectivity index (χ0) is 20.3. The van der Waals surface area contributed by atoms with Crippen LogP contribution in [0.2, 0.25) is 0 Å². The molecule has 1 atom stereocenters. The number of carbonyl (C=O) groups excluding carboxylic acids is 1. The monoisotopic (exact) mass is 408 g/mol. The number of nitrogens with zero attached hydrogens (tertiary/aromatic N) is 1. The van der Waals surface area contributed by atoms with Crippen molar-refractivity contribution in [1.29, 1.82) is 0 Å². The van der Waals surface area contributed by atoms with Crippen LogP contribution in [0.3, 0.4) is 0 Å². The van der Waals surface area contributed by atoms with Crippen LogP contribution in [0.4, 0.5) is 0 Å². The summed E-state index contributed by atoms with van der Waals surface area (Å²) < 4.78 is 25.1. The highest BCUT2D eigenvalue weighted by molar-refractivity contribution is 7.91. The molecule has 3 aromatic carbocycles. The van der Waals surface area contributed by atoms with Gasteiger partial charge in [0.25, 0.3) is 5.91 Å². The van der Waals surface area contributed by atoms with Crippen LogP contribution in [-0.4, -0.2) is 50.7 Å². The average Bonchev–Trinajstić information content (AvgIpc) is 2.78. The molecule has 3 aromatic rings. The van der Waals surface area contributed by atoms with Crippen molar-refractivity contribution in [3.05, 3.63) is 78.4 Å². The molecule has 4 rings (SSSR count). The van der Waals surface area contributed by atoms with E-state index in [1.807, 2.05) is 47.4 Å². The van der Waals surface area contributed by atoms with E-state index in [1.165, 1.54) is 0 Å². The van der Waals surface area contributed by atoms with Gasteiger partial charge < -0.3 is 10.2 Å². The highest BCUT2D eigenvalue weighted by atomic mass is 32.2. The zero-order valence-corrected chi connectivity index (χ0v) is 16.9. The first kappa shape index (κ1) is 19.6. The molecule has 150 valence electrons. The fourth-order valence-electron chi connectivity index (χ4n) is 3.83. The second-order valence-corrected chi connectivity index (χ2v) is 9.46. The third-order valence-electron chi connectivity index (χ3n) is 5.40. The maximum absolute atomic E-state index is 13.2. The van der Waals surface area contributed by atoms with E-state index in [9.17, 15) is 13.2 Å². The molecule has 0 saturated carbocycles. The van der Waals surface area contributed by atoms with Crippen molar-refractivity contribution in [2.24, 2.45) is 0 Å². The molecule has 1 heterocycles. The molecular weight excluding hydrogens is 384 g/mol. The van der Waals surface area contributed by atoms with Crippen molar-refractivity contribution < 1.29 is 13.2 Å². The molecule has 1 amide bonds. The van der Waals surface area contributed by atoms with Gasteiger partial charge in [-0.15, -0.1) is 0 Å². The second kappa shape index (κ2) is 8.35. The van der Waals surface area contributed by atoms with Gasteiger partial charge in [0, 0.05) is 31.2 Å². The van der Waals surface area contributed by atoms with Crippen molar-refractivity contribution in [2.45, 2.75) is 17.4 Å². The number of hydrogen-bond acceptors (Lipinski definition) is 4. The summed E-state index contributed by atoms with van der Waals surface area (Å²) in [6.45, 7) is 1.78. The van der Waals surface area contributed by atoms with E-state index in [-0.39, 0.29) is 17.7 Å². The molecule has 0 bridgehead atoms. The van der Waals surface area contributed by atoms with Gasteiger partial charge in [-0.25, -0.2) is 8.42 Å². The van der Waals surface area contributed by atoms with Crippen LogP contribution in [0.15, 0.2) is 77.7 Å². The molecule has 29 heavy (non-hydrogen) atoms. The van der Waals surface area contributed by atoms with Crippen LogP contribution in [0, 0.1) is 0 Å². The summed E-state index contributed by atoms with van der Waals surface area (Å²) in [6, 6.07) is 22.1. The first-order valence-corrected chi connectivity index (χ1v) is 11.5. The minimum atomic E-state index is -3.32. The predicted octanol–water partition coefficient (Wildman–Crippen LogP) is 3.12. The first-order valence-electron chi connectivity index (χ1n) is 9.83. The Balaban J connectivity index is 1.45. The minimum absolute atomic E-state index is 0.000725. The molecule has 0 radical (unpaired) electrons. The zero-order valence-electron chi connectivity index (χ0n) is 16.1. The standard InChI is InChI=1S/C23H24N2O3S/c26-23(22-12-6-8-18-7-4-5-11-21(18)22)25-15-14-24-19(17-25)13-16-29(27,28)20-9-2-1-3-10-20/h1-12,19,24H,13-17H2/t19-/m0/s1. The second-order valence-electron chi connectivity index (χ2n) is 7.35. The van der Waals surface area contributed by atoms with E-state index < -0.39 is 9.84 Å². The molecule has 1 fully saturated rings. The Morgan fingerprint density at radius 2 is 1.69 bits per heavy atom. The van der Waals surface area contributed by atoms with E-state index in [4.69, 9.17) is 0 Å². The lowest BCUT2D eigenvalue weighted by atomic mass is 10.0. The smallest absolute Gasteiger partial charge is 0.254 e. The number of benzene rings is 3. The van der Waals surface area contributed by atoms with E-state index in [2.05, 4.69) is 5.32 Å². The third kappa shape index (κ3) is 4.33. The number of rotatable bonds is 5. The molecule has 0 aromatic heterocycles. The summed E-state index contributed by atoms with van der Waals surface area (Å²) in [6.07, 6.45) is 0.469. The maximum atomic E-state index is 13.2. The van der Waals surface area contributed by atoms with Crippen molar-refractivity contribution in [2.75, 3.05) is 25.4 Å². The molecular formula is C23H24N2O3S. The highest BCUT2D eigenvalue weighted by Crippen LogP contribution is 2.21. The van der Waals surface area contributed by atoms with Gasteiger partial charge in [0.05, 0.1) is 10.6 Å². The number of hydrogen-bond donors (Lipinski definition) is 1. The van der Waals surface area contributed by atoms with Crippen molar-refractivity contribution in [3.8, 4) is 0 Å². The maximum Gasteiger partial charge on any atom is 0.254 e. The highest BCUT2D eigenvalue weighted by Gasteiger charge is 2.26. The topological polar surface area (TPSA) is 66.5 Å². The van der Waals surface area contributed by atoms with Crippen LogP contribution in [0.1, 0.15) is 16.8 Å². The molecule has 0 unspecified atom stereocenters. The molecule has 1 aliphatic heterocycles. The van der Waals surface area contributed by atoms with E-state index in [0.29, 0.717) is 36.5 Å². The van der Waals surface area contributed by atoms with Crippen LogP contribution in [-0.2, 0) is 9.84 Å². The Morgan fingerprint density at radius 1 is 0.966 bits per heavy atom. The van der Waals surface area contributed by atoms with Gasteiger partial charge in [0.2, 0.25) is 0 Å². The summed E-state index contributed by atoms with van der Waals surface area (Å²) >= 11 is 0. The average molecular weight is 409 g/mol.